The maximum atomic E-state index is 5.60. The zero-order chi connectivity index (χ0) is 10.5. The second-order valence-electron chi connectivity index (χ2n) is 4.53. The van der Waals surface area contributed by atoms with E-state index in [1.807, 2.05) is 6.20 Å². The smallest absolute Gasteiger partial charge is 0.0524 e. The van der Waals surface area contributed by atoms with Crippen LogP contribution < -0.4 is 5.73 Å². The molecule has 0 bridgehead atoms. The molecule has 0 aliphatic heterocycles. The van der Waals surface area contributed by atoms with E-state index in [2.05, 4.69) is 10.2 Å². The average molecular weight is 207 g/mol. The van der Waals surface area contributed by atoms with Gasteiger partial charge in [-0.15, -0.1) is 0 Å². The lowest BCUT2D eigenvalue weighted by molar-refractivity contribution is 0.587. The van der Waals surface area contributed by atoms with E-state index in [1.54, 1.807) is 0 Å². The average Bonchev–Trinajstić information content (AvgIpc) is 2.53. The van der Waals surface area contributed by atoms with Crippen LogP contribution >= 0.6 is 0 Å². The molecule has 1 fully saturated rings. The lowest BCUT2D eigenvalue weighted by Gasteiger charge is -2.13. The van der Waals surface area contributed by atoms with Gasteiger partial charge >= 0.3 is 0 Å². The molecule has 84 valence electrons. The zero-order valence-electron chi connectivity index (χ0n) is 9.34. The van der Waals surface area contributed by atoms with Crippen molar-refractivity contribution in [3.8, 4) is 0 Å². The van der Waals surface area contributed by atoms with E-state index in [9.17, 15) is 0 Å². The number of aromatic nitrogens is 2. The van der Waals surface area contributed by atoms with Gasteiger partial charge < -0.3 is 5.73 Å². The van der Waals surface area contributed by atoms with Crippen LogP contribution in [0.1, 0.15) is 55.7 Å². The largest absolute Gasteiger partial charge is 0.330 e. The molecule has 2 rings (SSSR count). The van der Waals surface area contributed by atoms with Crippen molar-refractivity contribution < 1.29 is 0 Å². The summed E-state index contributed by atoms with van der Waals surface area (Å²) in [5.74, 6) is 0.729. The van der Waals surface area contributed by atoms with Crippen LogP contribution in [0.3, 0.4) is 0 Å². The van der Waals surface area contributed by atoms with Gasteiger partial charge in [0.15, 0.2) is 0 Å². The van der Waals surface area contributed by atoms with Gasteiger partial charge in [0, 0.05) is 12.1 Å². The Morgan fingerprint density at radius 3 is 2.67 bits per heavy atom. The molecular weight excluding hydrogens is 186 g/mol. The Morgan fingerprint density at radius 1 is 1.27 bits per heavy atom. The molecule has 0 radical (unpaired) electrons. The summed E-state index contributed by atoms with van der Waals surface area (Å²) < 4.78 is 0. The molecule has 1 aliphatic carbocycles. The third kappa shape index (κ3) is 2.59. The minimum Gasteiger partial charge on any atom is -0.330 e. The molecule has 0 aromatic carbocycles. The number of aromatic amines is 1. The summed E-state index contributed by atoms with van der Waals surface area (Å²) in [5, 5.41) is 7.26. The predicted octanol–water partition coefficient (Wildman–Crippen LogP) is 2.35. The van der Waals surface area contributed by atoms with Gasteiger partial charge in [0.25, 0.3) is 0 Å². The Labute approximate surface area is 91.4 Å². The van der Waals surface area contributed by atoms with E-state index in [4.69, 9.17) is 5.73 Å². The Morgan fingerprint density at radius 2 is 2.00 bits per heavy atom. The van der Waals surface area contributed by atoms with E-state index in [0.29, 0.717) is 6.54 Å². The van der Waals surface area contributed by atoms with E-state index < -0.39 is 0 Å². The van der Waals surface area contributed by atoms with Crippen LogP contribution in [-0.2, 0) is 6.42 Å². The SMILES string of the molecule is NCCc1[nH]ncc1C1CCCCCC1. The third-order valence-electron chi connectivity index (χ3n) is 3.44. The van der Waals surface area contributed by atoms with Crippen molar-refractivity contribution in [2.24, 2.45) is 5.73 Å². The van der Waals surface area contributed by atoms with Crippen molar-refractivity contribution in [1.82, 2.24) is 10.2 Å². The summed E-state index contributed by atoms with van der Waals surface area (Å²) >= 11 is 0. The number of hydrogen-bond donors (Lipinski definition) is 2. The fourth-order valence-corrected chi connectivity index (χ4v) is 2.61. The van der Waals surface area contributed by atoms with Crippen LogP contribution in [-0.4, -0.2) is 16.7 Å². The molecule has 0 unspecified atom stereocenters. The fourth-order valence-electron chi connectivity index (χ4n) is 2.61. The second-order valence-corrected chi connectivity index (χ2v) is 4.53. The molecule has 3 nitrogen and oxygen atoms in total. The van der Waals surface area contributed by atoms with Crippen molar-refractivity contribution in [3.63, 3.8) is 0 Å². The summed E-state index contributed by atoms with van der Waals surface area (Å²) in [6.07, 6.45) is 11.2. The van der Waals surface area contributed by atoms with Crippen LogP contribution in [0.4, 0.5) is 0 Å². The van der Waals surface area contributed by atoms with Crippen LogP contribution in [0.5, 0.6) is 0 Å². The minimum absolute atomic E-state index is 0.710. The number of rotatable bonds is 3. The normalized spacial score (nSPS) is 19.0. The molecule has 0 spiro atoms. The summed E-state index contributed by atoms with van der Waals surface area (Å²) in [6.45, 7) is 0.710. The molecule has 3 heteroatoms. The van der Waals surface area contributed by atoms with Crippen molar-refractivity contribution in [2.45, 2.75) is 50.9 Å². The first kappa shape index (κ1) is 10.7. The van der Waals surface area contributed by atoms with Gasteiger partial charge in [-0.3, -0.25) is 5.10 Å². The van der Waals surface area contributed by atoms with E-state index in [-0.39, 0.29) is 0 Å². The third-order valence-corrected chi connectivity index (χ3v) is 3.44. The minimum atomic E-state index is 0.710. The molecule has 1 aromatic rings. The monoisotopic (exact) mass is 207 g/mol. The van der Waals surface area contributed by atoms with Crippen LogP contribution in [0, 0.1) is 0 Å². The van der Waals surface area contributed by atoms with Gasteiger partial charge in [0.1, 0.15) is 0 Å². The number of nitrogens with one attached hydrogen (secondary N) is 1. The van der Waals surface area contributed by atoms with Gasteiger partial charge in [-0.05, 0) is 30.9 Å². The first-order valence-electron chi connectivity index (χ1n) is 6.14. The van der Waals surface area contributed by atoms with Crippen molar-refractivity contribution in [3.05, 3.63) is 17.5 Å². The zero-order valence-corrected chi connectivity index (χ0v) is 9.34. The molecule has 1 aromatic heterocycles. The van der Waals surface area contributed by atoms with E-state index in [1.165, 1.54) is 49.8 Å². The van der Waals surface area contributed by atoms with Crippen LogP contribution in [0.15, 0.2) is 6.20 Å². The quantitative estimate of drug-likeness (QED) is 0.747. The summed E-state index contributed by atoms with van der Waals surface area (Å²) in [4.78, 5) is 0. The maximum absolute atomic E-state index is 5.60. The fraction of sp³-hybridized carbons (Fsp3) is 0.750. The van der Waals surface area contributed by atoms with Gasteiger partial charge in [0.2, 0.25) is 0 Å². The van der Waals surface area contributed by atoms with Crippen molar-refractivity contribution in [2.75, 3.05) is 6.54 Å². The maximum Gasteiger partial charge on any atom is 0.0524 e. The highest BCUT2D eigenvalue weighted by atomic mass is 15.1. The molecule has 15 heavy (non-hydrogen) atoms. The Balaban J connectivity index is 2.08. The van der Waals surface area contributed by atoms with E-state index in [0.717, 1.165) is 12.3 Å². The second kappa shape index (κ2) is 5.31. The summed E-state index contributed by atoms with van der Waals surface area (Å²) in [6, 6.07) is 0. The molecule has 1 saturated carbocycles. The van der Waals surface area contributed by atoms with Gasteiger partial charge in [0.05, 0.1) is 6.20 Å². The first-order chi connectivity index (χ1) is 7.42. The standard InChI is InChI=1S/C12H21N3/c13-8-7-12-11(9-14-15-12)10-5-3-1-2-4-6-10/h9-10H,1-8,13H2,(H,14,15). The molecule has 0 atom stereocenters. The Kier molecular flexibility index (Phi) is 3.78. The summed E-state index contributed by atoms with van der Waals surface area (Å²) in [5.41, 5.74) is 8.30. The number of H-pyrrole nitrogens is 1. The molecule has 1 heterocycles. The van der Waals surface area contributed by atoms with Gasteiger partial charge in [-0.1, -0.05) is 25.7 Å². The lowest BCUT2D eigenvalue weighted by atomic mass is 9.91. The van der Waals surface area contributed by atoms with Crippen molar-refractivity contribution in [1.29, 1.82) is 0 Å². The highest BCUT2D eigenvalue weighted by molar-refractivity contribution is 5.21. The van der Waals surface area contributed by atoms with Crippen LogP contribution in [0.25, 0.3) is 0 Å². The number of hydrogen-bond acceptors (Lipinski definition) is 2. The molecule has 3 N–H and O–H groups in total. The van der Waals surface area contributed by atoms with Crippen molar-refractivity contribution >= 4 is 0 Å². The molecule has 0 amide bonds. The molecule has 0 saturated heterocycles. The Bertz CT molecular complexity index is 285. The highest BCUT2D eigenvalue weighted by Gasteiger charge is 2.18. The van der Waals surface area contributed by atoms with Crippen LogP contribution in [0.2, 0.25) is 0 Å². The molecule has 1 aliphatic rings. The highest BCUT2D eigenvalue weighted by Crippen LogP contribution is 2.32. The molecular formula is C12H21N3. The lowest BCUT2D eigenvalue weighted by Crippen LogP contribution is -2.07. The first-order valence-corrected chi connectivity index (χ1v) is 6.14. The van der Waals surface area contributed by atoms with Gasteiger partial charge in [-0.2, -0.15) is 5.10 Å². The summed E-state index contributed by atoms with van der Waals surface area (Å²) in [7, 11) is 0. The topological polar surface area (TPSA) is 54.7 Å². The number of nitrogens with two attached hydrogens (primary N) is 1. The Hall–Kier alpha value is -0.830. The van der Waals surface area contributed by atoms with Gasteiger partial charge in [-0.25, -0.2) is 0 Å². The van der Waals surface area contributed by atoms with E-state index >= 15 is 0 Å². The predicted molar refractivity (Wildman–Crippen MR) is 61.8 cm³/mol. The number of nitrogens with zero attached hydrogens (tertiary/aromatic N) is 1.